The maximum absolute atomic E-state index is 12.7. The summed E-state index contributed by atoms with van der Waals surface area (Å²) in [6.07, 6.45) is 5.40. The fraction of sp³-hybridized carbons (Fsp3) is 0.312. The van der Waals surface area contributed by atoms with Gasteiger partial charge in [-0.2, -0.15) is 5.10 Å². The number of fused-ring (bicyclic) bond motifs is 1. The highest BCUT2D eigenvalue weighted by molar-refractivity contribution is 5.94. The van der Waals surface area contributed by atoms with Crippen LogP contribution in [-0.4, -0.2) is 56.4 Å². The molecule has 0 spiro atoms. The monoisotopic (exact) mass is 311 g/mol. The first kappa shape index (κ1) is 14.0. The molecule has 7 heteroatoms. The summed E-state index contributed by atoms with van der Waals surface area (Å²) in [6, 6.07) is 7.50. The van der Waals surface area contributed by atoms with E-state index >= 15 is 0 Å². The number of hydrogen-bond donors (Lipinski definition) is 1. The van der Waals surface area contributed by atoms with E-state index in [0.29, 0.717) is 31.9 Å². The van der Waals surface area contributed by atoms with Crippen molar-refractivity contribution in [3.63, 3.8) is 0 Å². The highest BCUT2D eigenvalue weighted by Gasteiger charge is 2.26. The van der Waals surface area contributed by atoms with E-state index in [-0.39, 0.29) is 12.0 Å². The largest absolute Gasteiger partial charge is 0.373 e. The molecule has 1 N–H and O–H groups in total. The van der Waals surface area contributed by atoms with Crippen LogP contribution in [0.15, 0.2) is 42.9 Å². The van der Waals surface area contributed by atoms with Crippen LogP contribution in [0.2, 0.25) is 0 Å². The van der Waals surface area contributed by atoms with Crippen LogP contribution in [0.4, 0.5) is 0 Å². The molecule has 1 amide bonds. The number of ether oxygens (including phenoxy) is 1. The molecule has 1 fully saturated rings. The number of aromatic nitrogens is 4. The van der Waals surface area contributed by atoms with Crippen LogP contribution in [-0.2, 0) is 11.3 Å². The average molecular weight is 311 g/mol. The van der Waals surface area contributed by atoms with E-state index < -0.39 is 0 Å². The van der Waals surface area contributed by atoms with Gasteiger partial charge in [0.2, 0.25) is 0 Å². The van der Waals surface area contributed by atoms with Crippen molar-refractivity contribution < 1.29 is 9.53 Å². The van der Waals surface area contributed by atoms with Crippen molar-refractivity contribution in [2.24, 2.45) is 0 Å². The van der Waals surface area contributed by atoms with Gasteiger partial charge in [-0.1, -0.05) is 0 Å². The zero-order chi connectivity index (χ0) is 15.6. The van der Waals surface area contributed by atoms with E-state index in [4.69, 9.17) is 4.74 Å². The van der Waals surface area contributed by atoms with Crippen molar-refractivity contribution in [2.75, 3.05) is 19.7 Å². The van der Waals surface area contributed by atoms with Crippen molar-refractivity contribution in [2.45, 2.75) is 12.6 Å². The molecule has 1 unspecified atom stereocenters. The molecule has 3 aromatic heterocycles. The molecule has 3 aromatic rings. The predicted molar refractivity (Wildman–Crippen MR) is 84.0 cm³/mol. The number of aromatic amines is 1. The maximum atomic E-state index is 12.7. The smallest absolute Gasteiger partial charge is 0.272 e. The van der Waals surface area contributed by atoms with Crippen LogP contribution in [0.1, 0.15) is 10.5 Å². The van der Waals surface area contributed by atoms with Crippen LogP contribution < -0.4 is 0 Å². The van der Waals surface area contributed by atoms with Crippen molar-refractivity contribution in [3.05, 3.63) is 48.5 Å². The van der Waals surface area contributed by atoms with Gasteiger partial charge in [0.1, 0.15) is 11.3 Å². The summed E-state index contributed by atoms with van der Waals surface area (Å²) in [5, 5.41) is 5.18. The summed E-state index contributed by atoms with van der Waals surface area (Å²) >= 11 is 0. The van der Waals surface area contributed by atoms with Gasteiger partial charge in [-0.05, 0) is 24.3 Å². The third-order valence-electron chi connectivity index (χ3n) is 4.00. The Morgan fingerprint density at radius 1 is 1.39 bits per heavy atom. The molecule has 118 valence electrons. The number of nitrogens with one attached hydrogen (secondary N) is 1. The fourth-order valence-corrected chi connectivity index (χ4v) is 2.84. The summed E-state index contributed by atoms with van der Waals surface area (Å²) in [6.45, 7) is 2.30. The number of nitrogens with zero attached hydrogens (tertiary/aromatic N) is 4. The van der Waals surface area contributed by atoms with Gasteiger partial charge in [-0.15, -0.1) is 0 Å². The lowest BCUT2D eigenvalue weighted by Crippen LogP contribution is -2.47. The molecule has 7 nitrogen and oxygen atoms in total. The highest BCUT2D eigenvalue weighted by Crippen LogP contribution is 2.14. The number of morpholine rings is 1. The summed E-state index contributed by atoms with van der Waals surface area (Å²) in [7, 11) is 0. The summed E-state index contributed by atoms with van der Waals surface area (Å²) in [5.41, 5.74) is 1.19. The first-order valence-corrected chi connectivity index (χ1v) is 7.62. The zero-order valence-electron chi connectivity index (χ0n) is 12.6. The summed E-state index contributed by atoms with van der Waals surface area (Å²) in [4.78, 5) is 21.9. The van der Waals surface area contributed by atoms with Crippen LogP contribution >= 0.6 is 0 Å². The molecule has 4 heterocycles. The number of pyridine rings is 1. The van der Waals surface area contributed by atoms with Gasteiger partial charge in [0, 0.05) is 37.1 Å². The predicted octanol–water partition coefficient (Wildman–Crippen LogP) is 1.30. The minimum Gasteiger partial charge on any atom is -0.373 e. The second-order valence-corrected chi connectivity index (χ2v) is 5.58. The zero-order valence-corrected chi connectivity index (χ0v) is 12.6. The molecular weight excluding hydrogens is 294 g/mol. The van der Waals surface area contributed by atoms with E-state index in [1.54, 1.807) is 17.2 Å². The van der Waals surface area contributed by atoms with E-state index in [9.17, 15) is 4.79 Å². The fourth-order valence-electron chi connectivity index (χ4n) is 2.84. The number of hydrogen-bond acceptors (Lipinski definition) is 4. The summed E-state index contributed by atoms with van der Waals surface area (Å²) in [5.74, 6) is -0.0599. The van der Waals surface area contributed by atoms with Crippen molar-refractivity contribution in [1.29, 1.82) is 0 Å². The van der Waals surface area contributed by atoms with Crippen LogP contribution in [0.3, 0.4) is 0 Å². The Balaban J connectivity index is 1.48. The molecule has 4 rings (SSSR count). The molecule has 1 aliphatic rings. The molecular formula is C16H17N5O2. The molecule has 23 heavy (non-hydrogen) atoms. The Labute approximate surface area is 132 Å². The molecule has 0 radical (unpaired) electrons. The van der Waals surface area contributed by atoms with Crippen molar-refractivity contribution >= 4 is 16.9 Å². The molecule has 0 aromatic carbocycles. The second-order valence-electron chi connectivity index (χ2n) is 5.58. The average Bonchev–Trinajstić information content (AvgIpc) is 3.25. The van der Waals surface area contributed by atoms with Gasteiger partial charge in [-0.25, -0.2) is 4.98 Å². The molecule has 1 aliphatic heterocycles. The van der Waals surface area contributed by atoms with E-state index in [1.807, 2.05) is 35.3 Å². The maximum Gasteiger partial charge on any atom is 0.272 e. The van der Waals surface area contributed by atoms with Gasteiger partial charge in [0.25, 0.3) is 5.91 Å². The Kier molecular flexibility index (Phi) is 3.55. The molecule has 1 saturated heterocycles. The lowest BCUT2D eigenvalue weighted by molar-refractivity contribution is -0.0301. The van der Waals surface area contributed by atoms with Gasteiger partial charge < -0.3 is 14.6 Å². The van der Waals surface area contributed by atoms with Crippen molar-refractivity contribution in [1.82, 2.24) is 24.6 Å². The lowest BCUT2D eigenvalue weighted by Gasteiger charge is -2.32. The SMILES string of the molecule is O=C(c1ccc2cc[nH]c2n1)N1CCOC(Cn2cccn2)C1. The standard InChI is InChI=1S/C16H17N5O2/c22-16(14-3-2-12-4-6-17-15(12)19-14)20-8-9-23-13(10-20)11-21-7-1-5-18-21/h1-7,13H,8-11H2,(H,17,19). The van der Waals surface area contributed by atoms with Crippen LogP contribution in [0.5, 0.6) is 0 Å². The normalized spacial score (nSPS) is 18.4. The van der Waals surface area contributed by atoms with Crippen LogP contribution in [0, 0.1) is 0 Å². The minimum absolute atomic E-state index is 0.0539. The van der Waals surface area contributed by atoms with Gasteiger partial charge in [-0.3, -0.25) is 9.48 Å². The third-order valence-corrected chi connectivity index (χ3v) is 4.00. The Bertz CT molecular complexity index is 811. The molecule has 0 bridgehead atoms. The quantitative estimate of drug-likeness (QED) is 0.791. The number of H-pyrrole nitrogens is 1. The Morgan fingerprint density at radius 3 is 3.22 bits per heavy atom. The molecule has 0 aliphatic carbocycles. The summed E-state index contributed by atoms with van der Waals surface area (Å²) < 4.78 is 7.57. The van der Waals surface area contributed by atoms with Crippen molar-refractivity contribution in [3.8, 4) is 0 Å². The first-order chi connectivity index (χ1) is 11.3. The molecule has 0 saturated carbocycles. The van der Waals surface area contributed by atoms with E-state index in [0.717, 1.165) is 11.0 Å². The second kappa shape index (κ2) is 5.85. The Morgan fingerprint density at radius 2 is 2.35 bits per heavy atom. The van der Waals surface area contributed by atoms with Gasteiger partial charge in [0.15, 0.2) is 0 Å². The van der Waals surface area contributed by atoms with Gasteiger partial charge >= 0.3 is 0 Å². The number of carbonyl (C=O) groups excluding carboxylic acids is 1. The molecule has 1 atom stereocenters. The Hall–Kier alpha value is -2.67. The first-order valence-electron chi connectivity index (χ1n) is 7.62. The van der Waals surface area contributed by atoms with E-state index in [2.05, 4.69) is 15.1 Å². The topological polar surface area (TPSA) is 76.0 Å². The highest BCUT2D eigenvalue weighted by atomic mass is 16.5. The number of amides is 1. The lowest BCUT2D eigenvalue weighted by atomic mass is 10.2. The van der Waals surface area contributed by atoms with Crippen LogP contribution in [0.25, 0.3) is 11.0 Å². The minimum atomic E-state index is -0.0599. The number of carbonyl (C=O) groups is 1. The van der Waals surface area contributed by atoms with E-state index in [1.165, 1.54) is 0 Å². The van der Waals surface area contributed by atoms with Gasteiger partial charge in [0.05, 0.1) is 19.3 Å². The number of rotatable bonds is 3. The third kappa shape index (κ3) is 2.83.